The number of para-hydroxylation sites is 1. The number of aryl methyl sites for hydroxylation is 1. The van der Waals surface area contributed by atoms with Crippen molar-refractivity contribution in [2.45, 2.75) is 13.8 Å². The first-order valence-electron chi connectivity index (χ1n) is 8.76. The van der Waals surface area contributed by atoms with Crippen molar-refractivity contribution in [2.75, 3.05) is 6.54 Å². The molecule has 0 unspecified atom stereocenters. The summed E-state index contributed by atoms with van der Waals surface area (Å²) in [5, 5.41) is 8.10. The van der Waals surface area contributed by atoms with Crippen molar-refractivity contribution in [2.24, 2.45) is 10.1 Å². The van der Waals surface area contributed by atoms with Crippen LogP contribution in [0, 0.1) is 6.92 Å². The van der Waals surface area contributed by atoms with Crippen LogP contribution >= 0.6 is 27.3 Å². The molecule has 0 spiro atoms. The highest BCUT2D eigenvalue weighted by Crippen LogP contribution is 2.23. The van der Waals surface area contributed by atoms with Gasteiger partial charge in [-0.15, -0.1) is 11.3 Å². The summed E-state index contributed by atoms with van der Waals surface area (Å²) in [7, 11) is 0. The van der Waals surface area contributed by atoms with Crippen LogP contribution in [-0.2, 0) is 0 Å². The van der Waals surface area contributed by atoms with Gasteiger partial charge in [-0.2, -0.15) is 5.10 Å². The maximum absolute atomic E-state index is 4.81. The highest BCUT2D eigenvalue weighted by molar-refractivity contribution is 9.10. The summed E-state index contributed by atoms with van der Waals surface area (Å²) in [4.78, 5) is 8.92. The Bertz CT molecular complexity index is 1180. The number of nitrogens with one attached hydrogen (secondary N) is 1. The minimum atomic E-state index is 0.724. The quantitative estimate of drug-likeness (QED) is 0.404. The molecule has 0 aliphatic heterocycles. The molecule has 1 N–H and O–H groups in total. The van der Waals surface area contributed by atoms with Crippen molar-refractivity contribution in [1.29, 1.82) is 0 Å². The zero-order valence-electron chi connectivity index (χ0n) is 15.1. The minimum absolute atomic E-state index is 0.724. The van der Waals surface area contributed by atoms with Crippen LogP contribution in [0.1, 0.15) is 18.2 Å². The van der Waals surface area contributed by atoms with E-state index in [1.807, 2.05) is 36.0 Å². The highest BCUT2D eigenvalue weighted by Gasteiger charge is 2.09. The Balaban J connectivity index is 1.84. The molecule has 4 aromatic rings. The first kappa shape index (κ1) is 17.9. The predicted molar refractivity (Wildman–Crippen MR) is 118 cm³/mol. The van der Waals surface area contributed by atoms with Crippen molar-refractivity contribution < 1.29 is 0 Å². The molecule has 2 aromatic carbocycles. The largest absolute Gasteiger partial charge is 0.358 e. The van der Waals surface area contributed by atoms with Gasteiger partial charge in [0, 0.05) is 44.1 Å². The van der Waals surface area contributed by atoms with Crippen molar-refractivity contribution in [1.82, 2.24) is 9.66 Å². The molecule has 0 amide bonds. The third-order valence-electron chi connectivity index (χ3n) is 4.36. The number of aromatic nitrogens is 2. The van der Waals surface area contributed by atoms with Gasteiger partial charge in [-0.05, 0) is 32.0 Å². The standard InChI is InChI=1S/C21H19BrN4S/c1-3-23-21-26(20(13-27-21)15-8-10-16(22)11-9-15)24-12-18-14(2)25-19-7-5-4-6-17(18)19/h4-13,25H,3H2,1-2H3/b23-21?,24-12+. The smallest absolute Gasteiger partial charge is 0.206 e. The third-order valence-corrected chi connectivity index (χ3v) is 5.75. The van der Waals surface area contributed by atoms with Crippen molar-refractivity contribution in [3.8, 4) is 11.3 Å². The van der Waals surface area contributed by atoms with Crippen LogP contribution in [0.25, 0.3) is 22.2 Å². The van der Waals surface area contributed by atoms with Gasteiger partial charge in [0.25, 0.3) is 0 Å². The molecule has 0 atom stereocenters. The number of benzene rings is 2. The number of hydrogen-bond donors (Lipinski definition) is 1. The van der Waals surface area contributed by atoms with Crippen LogP contribution in [0.2, 0.25) is 0 Å². The maximum atomic E-state index is 4.81. The van der Waals surface area contributed by atoms with Gasteiger partial charge in [0.1, 0.15) is 0 Å². The van der Waals surface area contributed by atoms with Gasteiger partial charge in [-0.3, -0.25) is 4.99 Å². The van der Waals surface area contributed by atoms with Crippen LogP contribution in [-0.4, -0.2) is 22.4 Å². The third kappa shape index (κ3) is 3.55. The number of halogens is 1. The van der Waals surface area contributed by atoms with Crippen LogP contribution < -0.4 is 4.80 Å². The van der Waals surface area contributed by atoms with Gasteiger partial charge < -0.3 is 4.98 Å². The molecule has 6 heteroatoms. The molecule has 0 saturated heterocycles. The van der Waals surface area contributed by atoms with Crippen LogP contribution in [0.4, 0.5) is 0 Å². The Hall–Kier alpha value is -2.44. The SMILES string of the molecule is CCN=c1scc(-c2ccc(Br)cc2)n1/N=C/c1c(C)[nH]c2ccccc12. The average molecular weight is 439 g/mol. The monoisotopic (exact) mass is 438 g/mol. The van der Waals surface area contributed by atoms with Gasteiger partial charge in [-0.1, -0.05) is 46.3 Å². The van der Waals surface area contributed by atoms with E-state index in [0.717, 1.165) is 43.9 Å². The zero-order valence-corrected chi connectivity index (χ0v) is 17.5. The number of fused-ring (bicyclic) bond motifs is 1. The summed E-state index contributed by atoms with van der Waals surface area (Å²) in [6.45, 7) is 4.84. The molecule has 4 nitrogen and oxygen atoms in total. The molecule has 4 rings (SSSR count). The number of hydrogen-bond acceptors (Lipinski definition) is 3. The van der Waals surface area contributed by atoms with E-state index in [1.165, 1.54) is 5.39 Å². The lowest BCUT2D eigenvalue weighted by Gasteiger charge is -2.04. The van der Waals surface area contributed by atoms with Gasteiger partial charge in [0.2, 0.25) is 4.80 Å². The molecule has 0 aliphatic rings. The fraction of sp³-hybridized carbons (Fsp3) is 0.143. The van der Waals surface area contributed by atoms with Crippen molar-refractivity contribution >= 4 is 44.4 Å². The van der Waals surface area contributed by atoms with Crippen molar-refractivity contribution in [3.05, 3.63) is 74.4 Å². The van der Waals surface area contributed by atoms with Gasteiger partial charge in [-0.25, -0.2) is 4.68 Å². The Morgan fingerprint density at radius 1 is 1.15 bits per heavy atom. The minimum Gasteiger partial charge on any atom is -0.358 e. The second-order valence-electron chi connectivity index (χ2n) is 6.15. The lowest BCUT2D eigenvalue weighted by atomic mass is 10.1. The Kier molecular flexibility index (Phi) is 5.09. The molecule has 0 fully saturated rings. The van der Waals surface area contributed by atoms with Gasteiger partial charge in [0.05, 0.1) is 11.9 Å². The highest BCUT2D eigenvalue weighted by atomic mass is 79.9. The lowest BCUT2D eigenvalue weighted by Crippen LogP contribution is -2.12. The molecule has 0 saturated carbocycles. The summed E-state index contributed by atoms with van der Waals surface area (Å²) in [5.74, 6) is 0. The fourth-order valence-corrected chi connectivity index (χ4v) is 4.22. The van der Waals surface area contributed by atoms with E-state index < -0.39 is 0 Å². The summed E-state index contributed by atoms with van der Waals surface area (Å²) in [5.41, 5.74) is 5.48. The average Bonchev–Trinajstić information content (AvgIpc) is 3.21. The Labute approximate surface area is 170 Å². The number of nitrogens with zero attached hydrogens (tertiary/aromatic N) is 3. The first-order chi connectivity index (χ1) is 13.2. The van der Waals surface area contributed by atoms with Gasteiger partial charge in [0.15, 0.2) is 0 Å². The maximum Gasteiger partial charge on any atom is 0.206 e. The van der Waals surface area contributed by atoms with Crippen LogP contribution in [0.3, 0.4) is 0 Å². The molecule has 27 heavy (non-hydrogen) atoms. The molecule has 2 heterocycles. The fourth-order valence-electron chi connectivity index (χ4n) is 3.05. The normalized spacial score (nSPS) is 12.5. The number of H-pyrrole nitrogens is 1. The van der Waals surface area contributed by atoms with E-state index in [1.54, 1.807) is 11.3 Å². The van der Waals surface area contributed by atoms with E-state index in [4.69, 9.17) is 5.10 Å². The Morgan fingerprint density at radius 2 is 1.93 bits per heavy atom. The molecule has 136 valence electrons. The van der Waals surface area contributed by atoms with Crippen LogP contribution in [0.5, 0.6) is 0 Å². The summed E-state index contributed by atoms with van der Waals surface area (Å²) < 4.78 is 2.99. The summed E-state index contributed by atoms with van der Waals surface area (Å²) >= 11 is 5.11. The molecule has 0 aliphatic carbocycles. The number of aromatic amines is 1. The molecular formula is C21H19BrN4S. The van der Waals surface area contributed by atoms with E-state index in [-0.39, 0.29) is 0 Å². The lowest BCUT2D eigenvalue weighted by molar-refractivity contribution is 0.833. The van der Waals surface area contributed by atoms with Crippen LogP contribution in [0.15, 0.2) is 68.5 Å². The topological polar surface area (TPSA) is 45.4 Å². The van der Waals surface area contributed by atoms with E-state index in [0.29, 0.717) is 0 Å². The summed E-state index contributed by atoms with van der Waals surface area (Å²) in [6.07, 6.45) is 1.93. The number of thiazole rings is 1. The summed E-state index contributed by atoms with van der Waals surface area (Å²) in [6, 6.07) is 16.6. The second kappa shape index (κ2) is 7.66. The molecule has 0 bridgehead atoms. The van der Waals surface area contributed by atoms with E-state index >= 15 is 0 Å². The predicted octanol–water partition coefficient (Wildman–Crippen LogP) is 5.57. The molecular weight excluding hydrogens is 420 g/mol. The Morgan fingerprint density at radius 3 is 2.70 bits per heavy atom. The molecule has 0 radical (unpaired) electrons. The van der Waals surface area contributed by atoms with Gasteiger partial charge >= 0.3 is 0 Å². The van der Waals surface area contributed by atoms with E-state index in [2.05, 4.69) is 68.5 Å². The first-order valence-corrected chi connectivity index (χ1v) is 10.4. The van der Waals surface area contributed by atoms with E-state index in [9.17, 15) is 0 Å². The number of rotatable bonds is 4. The second-order valence-corrected chi connectivity index (χ2v) is 7.90. The zero-order chi connectivity index (χ0) is 18.8. The van der Waals surface area contributed by atoms with Crippen molar-refractivity contribution in [3.63, 3.8) is 0 Å². The molecule has 2 aromatic heterocycles.